The molecule has 0 amide bonds. The van der Waals surface area contributed by atoms with Gasteiger partial charge in [-0.1, -0.05) is 0 Å². The zero-order chi connectivity index (χ0) is 17.0. The molecule has 1 rings (SSSR count). The predicted molar refractivity (Wildman–Crippen MR) is 70.8 cm³/mol. The number of hydrogen-bond donors (Lipinski definition) is 0. The lowest BCUT2D eigenvalue weighted by molar-refractivity contribution is 0.0530. The van der Waals surface area contributed by atoms with Crippen LogP contribution in [0.4, 0.5) is 0 Å². The largest absolute Gasteiger partial charge is 0.465 e. The molecule has 0 aromatic carbocycles. The van der Waals surface area contributed by atoms with E-state index in [1.54, 1.807) is 0 Å². The van der Waals surface area contributed by atoms with E-state index in [0.29, 0.717) is 0 Å². The summed E-state index contributed by atoms with van der Waals surface area (Å²) in [6.45, 7) is 0. The summed E-state index contributed by atoms with van der Waals surface area (Å²) >= 11 is 0. The number of esters is 4. The van der Waals surface area contributed by atoms with Crippen LogP contribution in [0.2, 0.25) is 0 Å². The lowest BCUT2D eigenvalue weighted by Gasteiger charge is -2.05. The zero-order valence-corrected chi connectivity index (χ0v) is 12.7. The molecule has 9 nitrogen and oxygen atoms in total. The van der Waals surface area contributed by atoms with Gasteiger partial charge in [0.05, 0.1) is 28.4 Å². The van der Waals surface area contributed by atoms with Gasteiger partial charge in [-0.3, -0.25) is 0 Å². The Morgan fingerprint density at radius 2 is 0.909 bits per heavy atom. The molecule has 0 N–H and O–H groups in total. The van der Waals surface area contributed by atoms with Crippen molar-refractivity contribution in [2.24, 2.45) is 7.05 Å². The molecule has 1 aromatic heterocycles. The molecule has 0 atom stereocenters. The molecule has 0 bridgehead atoms. The molecule has 0 aliphatic carbocycles. The highest BCUT2D eigenvalue weighted by atomic mass is 16.5. The minimum atomic E-state index is -0.994. The molecule has 22 heavy (non-hydrogen) atoms. The van der Waals surface area contributed by atoms with Crippen molar-refractivity contribution in [1.82, 2.24) is 4.57 Å². The standard InChI is InChI=1S/C13H15NO8/c1-14-8(12(17)21-4)6(10(15)19-2)7(11(16)20-3)9(14)13(18)22-5/h1-5H3. The Balaban J connectivity index is 3.90. The monoisotopic (exact) mass is 313 g/mol. The lowest BCUT2D eigenvalue weighted by atomic mass is 10.1. The van der Waals surface area contributed by atoms with E-state index in [9.17, 15) is 19.2 Å². The third-order valence-electron chi connectivity index (χ3n) is 2.93. The lowest BCUT2D eigenvalue weighted by Crippen LogP contribution is -2.16. The van der Waals surface area contributed by atoms with Crippen LogP contribution >= 0.6 is 0 Å². The van der Waals surface area contributed by atoms with E-state index in [2.05, 4.69) is 18.9 Å². The van der Waals surface area contributed by atoms with Crippen LogP contribution in [-0.2, 0) is 26.0 Å². The first-order valence-corrected chi connectivity index (χ1v) is 5.91. The summed E-state index contributed by atoms with van der Waals surface area (Å²) in [5.74, 6) is -3.84. The number of hydrogen-bond acceptors (Lipinski definition) is 8. The maximum absolute atomic E-state index is 12.0. The van der Waals surface area contributed by atoms with Crippen LogP contribution in [-0.4, -0.2) is 56.9 Å². The summed E-state index contributed by atoms with van der Waals surface area (Å²) in [4.78, 5) is 47.8. The fourth-order valence-electron chi connectivity index (χ4n) is 1.96. The molecule has 1 aromatic rings. The SMILES string of the molecule is COC(=O)c1c(C(=O)OC)c(C(=O)OC)n(C)c1C(=O)OC. The van der Waals surface area contributed by atoms with E-state index in [-0.39, 0.29) is 11.4 Å². The number of carbonyl (C=O) groups is 4. The third kappa shape index (κ3) is 2.65. The van der Waals surface area contributed by atoms with Gasteiger partial charge in [0.15, 0.2) is 0 Å². The third-order valence-corrected chi connectivity index (χ3v) is 2.93. The van der Waals surface area contributed by atoms with Crippen molar-refractivity contribution in [2.45, 2.75) is 0 Å². The van der Waals surface area contributed by atoms with Crippen molar-refractivity contribution in [2.75, 3.05) is 28.4 Å². The number of methoxy groups -OCH3 is 4. The number of ether oxygens (including phenoxy) is 4. The van der Waals surface area contributed by atoms with Crippen molar-refractivity contribution < 1.29 is 38.1 Å². The first kappa shape index (κ1) is 17.2. The molecule has 0 radical (unpaired) electrons. The molecule has 9 heteroatoms. The van der Waals surface area contributed by atoms with E-state index >= 15 is 0 Å². The Morgan fingerprint density at radius 3 is 1.14 bits per heavy atom. The van der Waals surface area contributed by atoms with Gasteiger partial charge in [0.1, 0.15) is 22.5 Å². The minimum absolute atomic E-state index is 0.324. The first-order valence-electron chi connectivity index (χ1n) is 5.91. The number of aromatic nitrogens is 1. The molecule has 0 saturated carbocycles. The van der Waals surface area contributed by atoms with Gasteiger partial charge in [-0.2, -0.15) is 0 Å². The highest BCUT2D eigenvalue weighted by Gasteiger charge is 2.37. The maximum Gasteiger partial charge on any atom is 0.355 e. The Bertz CT molecular complexity index is 589. The fourth-order valence-corrected chi connectivity index (χ4v) is 1.96. The normalized spacial score (nSPS) is 9.86. The maximum atomic E-state index is 12.0. The van der Waals surface area contributed by atoms with Gasteiger partial charge in [0.25, 0.3) is 0 Å². The summed E-state index contributed by atoms with van der Waals surface area (Å²) in [5, 5.41) is 0. The summed E-state index contributed by atoms with van der Waals surface area (Å²) < 4.78 is 19.3. The van der Waals surface area contributed by atoms with Crippen LogP contribution in [0.3, 0.4) is 0 Å². The second-order valence-electron chi connectivity index (χ2n) is 3.97. The highest BCUT2D eigenvalue weighted by molar-refractivity contribution is 6.15. The van der Waals surface area contributed by atoms with Crippen LogP contribution in [0.5, 0.6) is 0 Å². The number of rotatable bonds is 4. The number of carbonyl (C=O) groups excluding carboxylic acids is 4. The zero-order valence-electron chi connectivity index (χ0n) is 12.7. The molecule has 0 unspecified atom stereocenters. The smallest absolute Gasteiger partial charge is 0.355 e. The molecule has 0 aliphatic heterocycles. The van der Waals surface area contributed by atoms with Gasteiger partial charge in [-0.15, -0.1) is 0 Å². The van der Waals surface area contributed by atoms with E-state index in [4.69, 9.17) is 0 Å². The molecular formula is C13H15NO8. The number of nitrogens with zero attached hydrogens (tertiary/aromatic N) is 1. The van der Waals surface area contributed by atoms with Crippen molar-refractivity contribution in [1.29, 1.82) is 0 Å². The van der Waals surface area contributed by atoms with Crippen molar-refractivity contribution in [3.63, 3.8) is 0 Å². The van der Waals surface area contributed by atoms with E-state index in [1.165, 1.54) is 7.05 Å². The molecule has 120 valence electrons. The topological polar surface area (TPSA) is 110 Å². The van der Waals surface area contributed by atoms with E-state index in [0.717, 1.165) is 33.0 Å². The van der Waals surface area contributed by atoms with Gasteiger partial charge in [0.2, 0.25) is 0 Å². The van der Waals surface area contributed by atoms with Gasteiger partial charge in [-0.25, -0.2) is 19.2 Å². The van der Waals surface area contributed by atoms with Crippen LogP contribution < -0.4 is 0 Å². The second kappa shape index (κ2) is 6.74. The molecule has 0 spiro atoms. The molecule has 1 heterocycles. The first-order chi connectivity index (χ1) is 10.3. The quantitative estimate of drug-likeness (QED) is 0.571. The summed E-state index contributed by atoms with van der Waals surface area (Å²) in [6.07, 6.45) is 0. The Hall–Kier alpha value is -2.84. The van der Waals surface area contributed by atoms with Gasteiger partial charge in [0, 0.05) is 7.05 Å². The van der Waals surface area contributed by atoms with Crippen LogP contribution in [0.1, 0.15) is 41.7 Å². The molecule has 0 aliphatic rings. The van der Waals surface area contributed by atoms with Crippen LogP contribution in [0.25, 0.3) is 0 Å². The van der Waals surface area contributed by atoms with Gasteiger partial charge in [-0.05, 0) is 0 Å². The summed E-state index contributed by atoms with van der Waals surface area (Å²) in [7, 11) is 5.61. The minimum Gasteiger partial charge on any atom is -0.465 e. The Morgan fingerprint density at radius 1 is 0.636 bits per heavy atom. The Kier molecular flexibility index (Phi) is 5.28. The highest BCUT2D eigenvalue weighted by Crippen LogP contribution is 2.26. The molecule has 0 fully saturated rings. The van der Waals surface area contributed by atoms with Crippen molar-refractivity contribution in [3.05, 3.63) is 22.5 Å². The van der Waals surface area contributed by atoms with Crippen molar-refractivity contribution >= 4 is 23.9 Å². The van der Waals surface area contributed by atoms with Crippen molar-refractivity contribution in [3.8, 4) is 0 Å². The van der Waals surface area contributed by atoms with Gasteiger partial charge < -0.3 is 23.5 Å². The van der Waals surface area contributed by atoms with E-state index in [1.807, 2.05) is 0 Å². The molecule has 0 saturated heterocycles. The summed E-state index contributed by atoms with van der Waals surface area (Å²) in [6, 6.07) is 0. The van der Waals surface area contributed by atoms with Gasteiger partial charge >= 0.3 is 23.9 Å². The molecular weight excluding hydrogens is 298 g/mol. The average Bonchev–Trinajstić information content (AvgIpc) is 2.84. The predicted octanol–water partition coefficient (Wildman–Crippen LogP) is 0.171. The van der Waals surface area contributed by atoms with Crippen LogP contribution in [0, 0.1) is 0 Å². The Labute approximate surface area is 125 Å². The summed E-state index contributed by atoms with van der Waals surface area (Å²) in [5.41, 5.74) is -1.50. The fraction of sp³-hybridized carbons (Fsp3) is 0.385. The average molecular weight is 313 g/mol. The second-order valence-corrected chi connectivity index (χ2v) is 3.97. The van der Waals surface area contributed by atoms with Crippen LogP contribution in [0.15, 0.2) is 0 Å². The van der Waals surface area contributed by atoms with E-state index < -0.39 is 35.0 Å².